The molecule has 10 heteroatoms. The van der Waals surface area contributed by atoms with Crippen LogP contribution in [0.15, 0.2) is 23.1 Å². The number of phenols is 1. The minimum atomic E-state index is -3.80. The van der Waals surface area contributed by atoms with Crippen molar-refractivity contribution in [1.82, 2.24) is 14.8 Å². The number of benzene rings is 1. The first-order valence-electron chi connectivity index (χ1n) is 4.25. The van der Waals surface area contributed by atoms with Crippen molar-refractivity contribution >= 4 is 32.4 Å². The molecule has 2 aromatic rings. The lowest BCUT2D eigenvalue weighted by Crippen LogP contribution is -2.13. The third kappa shape index (κ3) is 2.42. The minimum Gasteiger partial charge on any atom is -0.506 e. The molecule has 0 aliphatic rings. The van der Waals surface area contributed by atoms with Gasteiger partial charge in [0.1, 0.15) is 5.75 Å². The van der Waals surface area contributed by atoms with E-state index in [0.717, 1.165) is 17.6 Å². The summed E-state index contributed by atoms with van der Waals surface area (Å²) in [6, 6.07) is 3.57. The molecule has 0 fully saturated rings. The summed E-state index contributed by atoms with van der Waals surface area (Å²) in [6.07, 6.45) is 0. The molecule has 0 atom stereocenters. The molecule has 0 spiro atoms. The van der Waals surface area contributed by atoms with E-state index >= 15 is 0 Å². The number of rotatable bonds is 3. The predicted molar refractivity (Wildman–Crippen MR) is 61.0 cm³/mol. The number of aromatic hydroxyl groups is 1. The van der Waals surface area contributed by atoms with Gasteiger partial charge in [0, 0.05) is 11.5 Å². The molecular formula is C7H7N5O3S2. The highest BCUT2D eigenvalue weighted by Gasteiger charge is 2.17. The normalized spacial score (nSPS) is 11.3. The lowest BCUT2D eigenvalue weighted by molar-refractivity contribution is 0.477. The summed E-state index contributed by atoms with van der Waals surface area (Å²) in [7, 11) is -3.80. The third-order valence-electron chi connectivity index (χ3n) is 1.83. The van der Waals surface area contributed by atoms with Gasteiger partial charge >= 0.3 is 0 Å². The molecule has 2 rings (SSSR count). The highest BCUT2D eigenvalue weighted by molar-refractivity contribution is 7.93. The van der Waals surface area contributed by atoms with Crippen molar-refractivity contribution in [2.45, 2.75) is 4.90 Å². The Balaban J connectivity index is 2.35. The number of hydrogen-bond donors (Lipinski definition) is 3. The summed E-state index contributed by atoms with van der Waals surface area (Å²) in [6.45, 7) is 0. The number of nitrogens with two attached hydrogens (primary N) is 1. The van der Waals surface area contributed by atoms with Crippen LogP contribution in [0.5, 0.6) is 5.75 Å². The highest BCUT2D eigenvalue weighted by Crippen LogP contribution is 2.24. The fourth-order valence-corrected chi connectivity index (χ4v) is 2.67. The van der Waals surface area contributed by atoms with Gasteiger partial charge in [0.2, 0.25) is 5.13 Å². The molecule has 0 saturated heterocycles. The highest BCUT2D eigenvalue weighted by atomic mass is 32.2. The smallest absolute Gasteiger partial charge is 0.263 e. The van der Waals surface area contributed by atoms with Crippen molar-refractivity contribution < 1.29 is 13.5 Å². The Bertz CT molecular complexity index is 625. The molecular weight excluding hydrogens is 266 g/mol. The summed E-state index contributed by atoms with van der Waals surface area (Å²) in [5.74, 6) is -0.179. The summed E-state index contributed by atoms with van der Waals surface area (Å²) < 4.78 is 29.3. The zero-order chi connectivity index (χ0) is 12.5. The first-order valence-corrected chi connectivity index (χ1v) is 6.51. The Hall–Kier alpha value is -1.94. The van der Waals surface area contributed by atoms with E-state index in [4.69, 9.17) is 5.73 Å². The molecule has 1 aromatic carbocycles. The van der Waals surface area contributed by atoms with E-state index in [0.29, 0.717) is 0 Å². The molecule has 0 radical (unpaired) electrons. The second-order valence-corrected chi connectivity index (χ2v) is 5.41. The van der Waals surface area contributed by atoms with E-state index in [1.54, 1.807) is 0 Å². The summed E-state index contributed by atoms with van der Waals surface area (Å²) in [5.41, 5.74) is 5.39. The molecule has 4 N–H and O–H groups in total. The van der Waals surface area contributed by atoms with E-state index in [-0.39, 0.29) is 21.5 Å². The molecule has 17 heavy (non-hydrogen) atoms. The van der Waals surface area contributed by atoms with Crippen LogP contribution in [0.25, 0.3) is 0 Å². The van der Waals surface area contributed by atoms with Crippen LogP contribution in [0.3, 0.4) is 0 Å². The third-order valence-corrected chi connectivity index (χ3v) is 3.81. The Morgan fingerprint density at radius 2 is 2.18 bits per heavy atom. The summed E-state index contributed by atoms with van der Waals surface area (Å²) in [4.78, 5) is -0.0806. The zero-order valence-electron chi connectivity index (χ0n) is 8.23. The van der Waals surface area contributed by atoms with Crippen LogP contribution in [-0.2, 0) is 10.0 Å². The average molecular weight is 273 g/mol. The molecule has 1 heterocycles. The lowest BCUT2D eigenvalue weighted by Gasteiger charge is -2.05. The molecule has 0 saturated carbocycles. The molecule has 8 nitrogen and oxygen atoms in total. The van der Waals surface area contributed by atoms with Gasteiger partial charge in [-0.2, -0.15) is 0 Å². The van der Waals surface area contributed by atoms with E-state index in [1.165, 1.54) is 12.1 Å². The van der Waals surface area contributed by atoms with Gasteiger partial charge in [-0.05, 0) is 23.4 Å². The quantitative estimate of drug-likeness (QED) is 0.530. The first kappa shape index (κ1) is 11.5. The second-order valence-electron chi connectivity index (χ2n) is 2.99. The number of nitrogen functional groups attached to an aromatic ring is 1. The summed E-state index contributed by atoms with van der Waals surface area (Å²) >= 11 is 0.809. The largest absolute Gasteiger partial charge is 0.506 e. The first-order chi connectivity index (χ1) is 7.99. The number of aromatic nitrogens is 3. The Kier molecular flexibility index (Phi) is 2.81. The molecule has 0 aliphatic heterocycles. The standard InChI is InChI=1S/C7H7N5O3S2/c8-5-3-4(1-2-6(5)13)17(14,15)10-7-9-11-12-16-7/h1-3,13H,8H2,(H,9,10,12). The van der Waals surface area contributed by atoms with Gasteiger partial charge in [-0.15, -0.1) is 0 Å². The second kappa shape index (κ2) is 4.14. The van der Waals surface area contributed by atoms with Crippen LogP contribution in [0, 0.1) is 0 Å². The number of hydrogen-bond acceptors (Lipinski definition) is 8. The predicted octanol–water partition coefficient (Wildman–Crippen LogP) is 0.0217. The van der Waals surface area contributed by atoms with Crippen LogP contribution in [0.1, 0.15) is 0 Å². The maximum Gasteiger partial charge on any atom is 0.263 e. The maximum absolute atomic E-state index is 11.8. The Morgan fingerprint density at radius 3 is 2.76 bits per heavy atom. The van der Waals surface area contributed by atoms with Crippen LogP contribution in [0.4, 0.5) is 10.8 Å². The Labute approximate surface area is 100 Å². The van der Waals surface area contributed by atoms with E-state index in [9.17, 15) is 13.5 Å². The fourth-order valence-electron chi connectivity index (χ4n) is 1.05. The van der Waals surface area contributed by atoms with Gasteiger partial charge in [0.15, 0.2) is 0 Å². The molecule has 0 aliphatic carbocycles. The van der Waals surface area contributed by atoms with Crippen molar-refractivity contribution in [3.63, 3.8) is 0 Å². The van der Waals surface area contributed by atoms with Gasteiger partial charge in [0.05, 0.1) is 10.6 Å². The van der Waals surface area contributed by atoms with Gasteiger partial charge in [0.25, 0.3) is 10.0 Å². The van der Waals surface area contributed by atoms with E-state index < -0.39 is 10.0 Å². The van der Waals surface area contributed by atoms with Crippen molar-refractivity contribution in [3.8, 4) is 5.75 Å². The van der Waals surface area contributed by atoms with Gasteiger partial charge in [-0.3, -0.25) is 4.72 Å². The van der Waals surface area contributed by atoms with E-state index in [1.807, 2.05) is 0 Å². The summed E-state index contributed by atoms with van der Waals surface area (Å²) in [5, 5.41) is 16.0. The Morgan fingerprint density at radius 1 is 1.41 bits per heavy atom. The van der Waals surface area contributed by atoms with Crippen LogP contribution in [0.2, 0.25) is 0 Å². The molecule has 1 aromatic heterocycles. The number of nitrogens with zero attached hydrogens (tertiary/aromatic N) is 3. The maximum atomic E-state index is 11.8. The molecule has 0 unspecified atom stereocenters. The minimum absolute atomic E-state index is 0.0248. The fraction of sp³-hybridized carbons (Fsp3) is 0. The molecule has 0 amide bonds. The van der Waals surface area contributed by atoms with Crippen LogP contribution >= 0.6 is 11.5 Å². The number of nitrogens with one attached hydrogen (secondary N) is 1. The van der Waals surface area contributed by atoms with Crippen LogP contribution in [-0.4, -0.2) is 28.3 Å². The molecule has 0 bridgehead atoms. The van der Waals surface area contributed by atoms with Crippen molar-refractivity contribution in [2.75, 3.05) is 10.5 Å². The van der Waals surface area contributed by atoms with Gasteiger partial charge in [-0.1, -0.05) is 9.59 Å². The van der Waals surface area contributed by atoms with Gasteiger partial charge in [-0.25, -0.2) is 8.42 Å². The van der Waals surface area contributed by atoms with Crippen molar-refractivity contribution in [2.24, 2.45) is 0 Å². The van der Waals surface area contributed by atoms with Gasteiger partial charge < -0.3 is 10.8 Å². The number of sulfonamides is 1. The monoisotopic (exact) mass is 273 g/mol. The number of anilines is 2. The van der Waals surface area contributed by atoms with Crippen molar-refractivity contribution in [3.05, 3.63) is 18.2 Å². The topological polar surface area (TPSA) is 131 Å². The van der Waals surface area contributed by atoms with Crippen molar-refractivity contribution in [1.29, 1.82) is 0 Å². The zero-order valence-corrected chi connectivity index (χ0v) is 9.86. The van der Waals surface area contributed by atoms with E-state index in [2.05, 4.69) is 19.5 Å². The molecule has 90 valence electrons. The lowest BCUT2D eigenvalue weighted by atomic mass is 10.3. The average Bonchev–Trinajstić information content (AvgIpc) is 2.73. The number of phenolic OH excluding ortho intramolecular Hbond substituents is 1. The van der Waals surface area contributed by atoms with Crippen LogP contribution < -0.4 is 10.5 Å². The SMILES string of the molecule is Nc1cc(S(=O)(=O)Nc2nnns2)ccc1O.